The van der Waals surface area contributed by atoms with Crippen LogP contribution >= 0.6 is 0 Å². The minimum atomic E-state index is -1.45. The van der Waals surface area contributed by atoms with Crippen LogP contribution in [0.4, 0.5) is 13.6 Å². The van der Waals surface area contributed by atoms with E-state index in [0.29, 0.717) is 11.1 Å². The van der Waals surface area contributed by atoms with E-state index in [1.807, 2.05) is 0 Å². The molecule has 2 fully saturated rings. The number of aromatic nitrogens is 1. The summed E-state index contributed by atoms with van der Waals surface area (Å²) in [6, 6.07) is 9.55. The molecule has 11 heteroatoms. The van der Waals surface area contributed by atoms with Gasteiger partial charge in [-0.25, -0.2) is 14.2 Å². The van der Waals surface area contributed by atoms with Crippen molar-refractivity contribution in [2.45, 2.75) is 50.4 Å². The summed E-state index contributed by atoms with van der Waals surface area (Å²) in [6.45, 7) is 4.52. The molecule has 0 unspecified atom stereocenters. The van der Waals surface area contributed by atoms with Gasteiger partial charge in [0.05, 0.1) is 30.4 Å². The molecule has 208 valence electrons. The third-order valence-electron chi connectivity index (χ3n) is 7.43. The van der Waals surface area contributed by atoms with Crippen LogP contribution in [0.15, 0.2) is 54.6 Å². The molecule has 1 aromatic heterocycles. The monoisotopic (exact) mass is 550 g/mol. The Morgan fingerprint density at radius 3 is 2.55 bits per heavy atom. The number of imide groups is 1. The van der Waals surface area contributed by atoms with Gasteiger partial charge in [-0.05, 0) is 37.3 Å². The molecular weight excluding hydrogens is 520 g/mol. The number of carbonyl (C=O) groups excluding carboxylic acids is 4. The van der Waals surface area contributed by atoms with Gasteiger partial charge in [-0.2, -0.15) is 18.7 Å². The van der Waals surface area contributed by atoms with Crippen molar-refractivity contribution in [1.82, 2.24) is 20.1 Å². The fourth-order valence-corrected chi connectivity index (χ4v) is 5.18. The third kappa shape index (κ3) is 5.41. The van der Waals surface area contributed by atoms with Crippen molar-refractivity contribution >= 4 is 30.0 Å². The minimum Gasteiger partial charge on any atom is -0.342 e. The van der Waals surface area contributed by atoms with Crippen molar-refractivity contribution in [2.75, 3.05) is 19.6 Å². The second kappa shape index (κ2) is 11.1. The number of hydrogen-bond acceptors (Lipinski definition) is 5. The molecule has 1 aromatic carbocycles. The molecule has 5 rings (SSSR count). The Balaban J connectivity index is 1.37. The van der Waals surface area contributed by atoms with Gasteiger partial charge in [-0.15, -0.1) is 0 Å². The fourth-order valence-electron chi connectivity index (χ4n) is 5.18. The Hall–Kier alpha value is -4.28. The number of carbonyl (C=O) groups is 4. The summed E-state index contributed by atoms with van der Waals surface area (Å²) < 4.78 is 30.5. The fraction of sp³-hybridized carbons (Fsp3) is 0.379. The number of pyridine rings is 1. The van der Waals surface area contributed by atoms with Crippen molar-refractivity contribution in [1.29, 1.82) is 0 Å². The van der Waals surface area contributed by atoms with Crippen LogP contribution in [0.5, 0.6) is 0 Å². The van der Waals surface area contributed by atoms with Gasteiger partial charge in [0.15, 0.2) is 6.54 Å². The number of rotatable bonds is 8. The zero-order valence-electron chi connectivity index (χ0n) is 22.1. The number of halogens is 2. The standard InChI is InChI=1S/C29H29F2N5O4/c1-3-35-28(39)17(2)14-34(29(35)40)16-24(37)36-15-20(30)13-23(36)27(38)33-25(19-7-5-4-6-8-19)22-12-11-21(18-9-10-18)26(31)32-22/h4-8,11-12,14,18,20,23,25H,2-3,9-10,13,15-16H2,1H3/p+1/t20-,23+,25+/m1/s1. The van der Waals surface area contributed by atoms with E-state index in [9.17, 15) is 28.0 Å². The molecule has 1 saturated heterocycles. The van der Waals surface area contributed by atoms with E-state index >= 15 is 0 Å². The highest BCUT2D eigenvalue weighted by Gasteiger charge is 2.44. The quantitative estimate of drug-likeness (QED) is 0.309. The lowest BCUT2D eigenvalue weighted by atomic mass is 10.0. The maximum Gasteiger partial charge on any atom is 0.501 e. The second-order valence-electron chi connectivity index (χ2n) is 10.3. The van der Waals surface area contributed by atoms with Gasteiger partial charge in [0.25, 0.3) is 5.91 Å². The van der Waals surface area contributed by atoms with Crippen molar-refractivity contribution in [3.63, 3.8) is 0 Å². The van der Waals surface area contributed by atoms with E-state index in [2.05, 4.69) is 16.9 Å². The van der Waals surface area contributed by atoms with Crippen LogP contribution in [0.25, 0.3) is 0 Å². The average molecular weight is 551 g/mol. The summed E-state index contributed by atoms with van der Waals surface area (Å²) in [4.78, 5) is 57.9. The summed E-state index contributed by atoms with van der Waals surface area (Å²) in [5.41, 5.74) is 1.51. The summed E-state index contributed by atoms with van der Waals surface area (Å²) in [6.07, 6.45) is 1.32. The van der Waals surface area contributed by atoms with Crippen LogP contribution in [-0.4, -0.2) is 81.2 Å². The molecule has 3 heterocycles. The molecule has 0 bridgehead atoms. The molecular formula is C29H30F2N5O4+. The van der Waals surface area contributed by atoms with Crippen LogP contribution in [-0.2, 0) is 14.4 Å². The molecule has 3 atom stereocenters. The Kier molecular flexibility index (Phi) is 7.55. The normalized spacial score (nSPS) is 21.9. The van der Waals surface area contributed by atoms with E-state index in [1.54, 1.807) is 49.4 Å². The highest BCUT2D eigenvalue weighted by Crippen LogP contribution is 2.41. The van der Waals surface area contributed by atoms with E-state index in [-0.39, 0.29) is 36.7 Å². The van der Waals surface area contributed by atoms with Crippen molar-refractivity contribution in [3.05, 3.63) is 77.4 Å². The van der Waals surface area contributed by atoms with Gasteiger partial charge in [0.2, 0.25) is 11.9 Å². The maximum absolute atomic E-state index is 14.8. The molecule has 3 aliphatic rings. The van der Waals surface area contributed by atoms with Crippen LogP contribution < -0.4 is 5.32 Å². The number of likely N-dealkylation sites (tertiary alicyclic amines) is 1. The maximum atomic E-state index is 14.8. The zero-order valence-corrected chi connectivity index (χ0v) is 22.1. The molecule has 2 aromatic rings. The number of amides is 5. The van der Waals surface area contributed by atoms with Crippen molar-refractivity contribution in [3.8, 4) is 0 Å². The number of nitrogens with one attached hydrogen (secondary N) is 1. The van der Waals surface area contributed by atoms with Gasteiger partial charge in [-0.1, -0.05) is 43.0 Å². The molecule has 40 heavy (non-hydrogen) atoms. The molecule has 1 N–H and O–H groups in total. The van der Waals surface area contributed by atoms with Gasteiger partial charge >= 0.3 is 11.9 Å². The summed E-state index contributed by atoms with van der Waals surface area (Å²) in [7, 11) is 0. The SMILES string of the molecule is C=C1C=[N+](CC(=O)N2C[C@H](F)C[C@H]2C(=O)N[C@@H](c2ccccc2)c2ccc(C3CC3)c(F)n2)C(=O)N(CC)C1=O. The molecule has 9 nitrogen and oxygen atoms in total. The number of alkyl halides is 1. The predicted molar refractivity (Wildman–Crippen MR) is 141 cm³/mol. The van der Waals surface area contributed by atoms with E-state index in [4.69, 9.17) is 0 Å². The Bertz CT molecular complexity index is 1410. The number of urea groups is 1. The minimum absolute atomic E-state index is 0.0338. The topological polar surface area (TPSA) is 103 Å². The number of nitrogens with zero attached hydrogens (tertiary/aromatic N) is 4. The summed E-state index contributed by atoms with van der Waals surface area (Å²) >= 11 is 0. The van der Waals surface area contributed by atoms with Crippen LogP contribution in [0.1, 0.15) is 55.0 Å². The second-order valence-corrected chi connectivity index (χ2v) is 10.3. The van der Waals surface area contributed by atoms with Crippen LogP contribution in [0.3, 0.4) is 0 Å². The third-order valence-corrected chi connectivity index (χ3v) is 7.43. The van der Waals surface area contributed by atoms with Crippen LogP contribution in [0, 0.1) is 5.95 Å². The Morgan fingerprint density at radius 1 is 1.18 bits per heavy atom. The predicted octanol–water partition coefficient (Wildman–Crippen LogP) is 2.86. The number of likely N-dealkylation sites (N-methyl/N-ethyl adjacent to an activating group) is 1. The number of benzene rings is 1. The zero-order chi connectivity index (χ0) is 28.6. The van der Waals surface area contributed by atoms with Gasteiger partial charge < -0.3 is 10.2 Å². The van der Waals surface area contributed by atoms with Crippen molar-refractivity contribution < 1.29 is 32.5 Å². The molecule has 5 amide bonds. The smallest absolute Gasteiger partial charge is 0.342 e. The molecule has 0 spiro atoms. The highest BCUT2D eigenvalue weighted by molar-refractivity contribution is 6.17. The first-order chi connectivity index (χ1) is 19.2. The summed E-state index contributed by atoms with van der Waals surface area (Å²) in [5.74, 6) is -2.26. The molecule has 0 radical (unpaired) electrons. The number of hydrogen-bond donors (Lipinski definition) is 1. The Labute approximate surface area is 230 Å². The Morgan fingerprint density at radius 2 is 1.90 bits per heavy atom. The first-order valence-electron chi connectivity index (χ1n) is 13.3. The average Bonchev–Trinajstić information content (AvgIpc) is 3.70. The van der Waals surface area contributed by atoms with Gasteiger partial charge in [0, 0.05) is 12.0 Å². The molecule has 1 aliphatic carbocycles. The van der Waals surface area contributed by atoms with Gasteiger partial charge in [-0.3, -0.25) is 9.59 Å². The van der Waals surface area contributed by atoms with Gasteiger partial charge in [0.1, 0.15) is 18.4 Å². The first-order valence-corrected chi connectivity index (χ1v) is 13.3. The lowest BCUT2D eigenvalue weighted by Gasteiger charge is -2.27. The largest absolute Gasteiger partial charge is 0.501 e. The van der Waals surface area contributed by atoms with Crippen LogP contribution in [0.2, 0.25) is 0 Å². The van der Waals surface area contributed by atoms with E-state index in [0.717, 1.165) is 27.2 Å². The van der Waals surface area contributed by atoms with Crippen molar-refractivity contribution in [2.24, 2.45) is 0 Å². The lowest BCUT2D eigenvalue weighted by molar-refractivity contribution is -0.422. The highest BCUT2D eigenvalue weighted by atomic mass is 19.1. The summed E-state index contributed by atoms with van der Waals surface area (Å²) in [5, 5.41) is 2.85. The lowest BCUT2D eigenvalue weighted by Crippen LogP contribution is -2.52. The first kappa shape index (κ1) is 27.3. The van der Waals surface area contributed by atoms with E-state index < -0.39 is 54.5 Å². The molecule has 1 saturated carbocycles. The molecule has 2 aliphatic heterocycles. The van der Waals surface area contributed by atoms with E-state index in [1.165, 1.54) is 6.21 Å².